The minimum absolute atomic E-state index is 0.172. The van der Waals surface area contributed by atoms with E-state index in [2.05, 4.69) is 10.4 Å². The first kappa shape index (κ1) is 20.3. The van der Waals surface area contributed by atoms with Gasteiger partial charge in [0.25, 0.3) is 5.56 Å². The number of anilines is 1. The van der Waals surface area contributed by atoms with Crippen LogP contribution in [0.3, 0.4) is 0 Å². The van der Waals surface area contributed by atoms with Crippen LogP contribution in [0, 0.1) is 0 Å². The predicted octanol–water partition coefficient (Wildman–Crippen LogP) is 4.52. The Labute approximate surface area is 164 Å². The molecule has 0 spiro atoms. The Balaban J connectivity index is 1.95. The van der Waals surface area contributed by atoms with E-state index < -0.39 is 29.2 Å². The standard InChI is InChI=1S/C21H18F3N3O2/c1-2-18(20(29)25-17-11-7-6-10-15(17)21(22,23)24)27-19(28)13-12-16(26-27)14-8-4-3-5-9-14/h3-13,18H,2H2,1H3,(H,25,29)/t18-/m1/s1. The van der Waals surface area contributed by atoms with Gasteiger partial charge in [-0.1, -0.05) is 49.4 Å². The number of benzene rings is 2. The SMILES string of the molecule is CC[C@H](C(=O)Nc1ccccc1C(F)(F)F)n1nc(-c2ccccc2)ccc1=O. The summed E-state index contributed by atoms with van der Waals surface area (Å²) in [5.74, 6) is -0.746. The monoisotopic (exact) mass is 401 g/mol. The van der Waals surface area contributed by atoms with Crippen LogP contribution in [0.2, 0.25) is 0 Å². The first-order chi connectivity index (χ1) is 13.8. The van der Waals surface area contributed by atoms with Crippen molar-refractivity contribution in [3.63, 3.8) is 0 Å². The van der Waals surface area contributed by atoms with Gasteiger partial charge in [-0.05, 0) is 24.6 Å². The molecule has 1 atom stereocenters. The second-order valence-corrected chi connectivity index (χ2v) is 6.32. The molecule has 0 unspecified atom stereocenters. The number of aromatic nitrogens is 2. The van der Waals surface area contributed by atoms with E-state index in [1.165, 1.54) is 30.3 Å². The summed E-state index contributed by atoms with van der Waals surface area (Å²) in [6.45, 7) is 1.66. The molecule has 8 heteroatoms. The third kappa shape index (κ3) is 4.53. The van der Waals surface area contributed by atoms with Crippen LogP contribution in [0.5, 0.6) is 0 Å². The number of halogens is 3. The van der Waals surface area contributed by atoms with Crippen molar-refractivity contribution < 1.29 is 18.0 Å². The Hall–Kier alpha value is -3.42. The maximum Gasteiger partial charge on any atom is 0.418 e. The molecule has 1 amide bonds. The van der Waals surface area contributed by atoms with Crippen LogP contribution < -0.4 is 10.9 Å². The lowest BCUT2D eigenvalue weighted by molar-refractivity contribution is -0.137. The molecule has 0 aliphatic heterocycles. The van der Waals surface area contributed by atoms with Crippen LogP contribution >= 0.6 is 0 Å². The molecule has 0 aliphatic rings. The van der Waals surface area contributed by atoms with Crippen LogP contribution in [-0.2, 0) is 11.0 Å². The Morgan fingerprint density at radius 1 is 1.03 bits per heavy atom. The second kappa shape index (κ2) is 8.30. The fraction of sp³-hybridized carbons (Fsp3) is 0.190. The van der Waals surface area contributed by atoms with Crippen molar-refractivity contribution in [1.82, 2.24) is 9.78 Å². The molecule has 0 fully saturated rings. The fourth-order valence-electron chi connectivity index (χ4n) is 2.94. The Morgan fingerprint density at radius 3 is 2.34 bits per heavy atom. The number of hydrogen-bond donors (Lipinski definition) is 1. The summed E-state index contributed by atoms with van der Waals surface area (Å²) in [7, 11) is 0. The van der Waals surface area contributed by atoms with E-state index in [-0.39, 0.29) is 12.1 Å². The van der Waals surface area contributed by atoms with Gasteiger partial charge in [-0.25, -0.2) is 4.68 Å². The number of carbonyl (C=O) groups is 1. The Kier molecular flexibility index (Phi) is 5.81. The number of alkyl halides is 3. The first-order valence-electron chi connectivity index (χ1n) is 8.93. The van der Waals surface area contributed by atoms with E-state index in [0.29, 0.717) is 5.69 Å². The number of nitrogens with one attached hydrogen (secondary N) is 1. The van der Waals surface area contributed by atoms with Gasteiger partial charge in [0.05, 0.1) is 16.9 Å². The zero-order valence-corrected chi connectivity index (χ0v) is 15.5. The molecule has 0 saturated carbocycles. The summed E-state index contributed by atoms with van der Waals surface area (Å²) in [5.41, 5.74) is -0.612. The maximum atomic E-state index is 13.2. The zero-order valence-electron chi connectivity index (χ0n) is 15.5. The smallest absolute Gasteiger partial charge is 0.324 e. The number of carbonyl (C=O) groups excluding carboxylic acids is 1. The molecular formula is C21H18F3N3O2. The van der Waals surface area contributed by atoms with Crippen molar-refractivity contribution in [2.24, 2.45) is 0 Å². The van der Waals surface area contributed by atoms with E-state index >= 15 is 0 Å². The van der Waals surface area contributed by atoms with Gasteiger partial charge in [-0.2, -0.15) is 18.3 Å². The number of rotatable bonds is 5. The van der Waals surface area contributed by atoms with Crippen LogP contribution in [0.4, 0.5) is 18.9 Å². The third-order valence-electron chi connectivity index (χ3n) is 4.37. The maximum absolute atomic E-state index is 13.2. The highest BCUT2D eigenvalue weighted by Gasteiger charge is 2.34. The largest absolute Gasteiger partial charge is 0.418 e. The summed E-state index contributed by atoms with van der Waals surface area (Å²) in [6, 6.07) is 15.5. The highest BCUT2D eigenvalue weighted by Crippen LogP contribution is 2.34. The van der Waals surface area contributed by atoms with Gasteiger partial charge in [-0.15, -0.1) is 0 Å². The van der Waals surface area contributed by atoms with Crippen molar-refractivity contribution in [3.05, 3.63) is 82.6 Å². The lowest BCUT2D eigenvalue weighted by Gasteiger charge is -2.19. The van der Waals surface area contributed by atoms with E-state index in [0.717, 1.165) is 16.3 Å². The molecule has 0 bridgehead atoms. The molecule has 3 aromatic rings. The summed E-state index contributed by atoms with van der Waals surface area (Å²) < 4.78 is 40.6. The minimum atomic E-state index is -4.62. The Morgan fingerprint density at radius 2 is 1.69 bits per heavy atom. The number of hydrogen-bond acceptors (Lipinski definition) is 3. The normalized spacial score (nSPS) is 12.4. The Bertz CT molecular complexity index is 1060. The lowest BCUT2D eigenvalue weighted by atomic mass is 10.1. The second-order valence-electron chi connectivity index (χ2n) is 6.32. The highest BCUT2D eigenvalue weighted by molar-refractivity contribution is 5.94. The van der Waals surface area contributed by atoms with Gasteiger partial charge in [0, 0.05) is 11.6 Å². The van der Waals surface area contributed by atoms with Crippen LogP contribution in [0.25, 0.3) is 11.3 Å². The van der Waals surface area contributed by atoms with Gasteiger partial charge in [0.2, 0.25) is 5.91 Å². The van der Waals surface area contributed by atoms with Crippen molar-refractivity contribution >= 4 is 11.6 Å². The number of amides is 1. The number of nitrogens with zero attached hydrogens (tertiary/aromatic N) is 2. The quantitative estimate of drug-likeness (QED) is 0.684. The van der Waals surface area contributed by atoms with Crippen molar-refractivity contribution in [1.29, 1.82) is 0 Å². The van der Waals surface area contributed by atoms with E-state index in [1.807, 2.05) is 18.2 Å². The molecule has 1 aromatic heterocycles. The minimum Gasteiger partial charge on any atom is -0.324 e. The molecule has 5 nitrogen and oxygen atoms in total. The average Bonchev–Trinajstić information content (AvgIpc) is 2.70. The molecule has 3 rings (SSSR count). The summed E-state index contributed by atoms with van der Waals surface area (Å²) in [5, 5.41) is 6.56. The molecule has 150 valence electrons. The summed E-state index contributed by atoms with van der Waals surface area (Å²) in [4.78, 5) is 25.1. The average molecular weight is 401 g/mol. The third-order valence-corrected chi connectivity index (χ3v) is 4.37. The van der Waals surface area contributed by atoms with E-state index in [1.54, 1.807) is 19.1 Å². The molecule has 1 N–H and O–H groups in total. The highest BCUT2D eigenvalue weighted by atomic mass is 19.4. The summed E-state index contributed by atoms with van der Waals surface area (Å²) >= 11 is 0. The van der Waals surface area contributed by atoms with Crippen molar-refractivity contribution in [2.45, 2.75) is 25.6 Å². The number of para-hydroxylation sites is 1. The molecule has 0 aliphatic carbocycles. The van der Waals surface area contributed by atoms with Crippen LogP contribution in [-0.4, -0.2) is 15.7 Å². The molecule has 0 saturated heterocycles. The zero-order chi connectivity index (χ0) is 21.0. The topological polar surface area (TPSA) is 64.0 Å². The molecule has 1 heterocycles. The molecule has 0 radical (unpaired) electrons. The van der Waals surface area contributed by atoms with Crippen LogP contribution in [0.1, 0.15) is 24.9 Å². The van der Waals surface area contributed by atoms with Crippen molar-refractivity contribution in [2.75, 3.05) is 5.32 Å². The molecule has 29 heavy (non-hydrogen) atoms. The van der Waals surface area contributed by atoms with E-state index in [4.69, 9.17) is 0 Å². The van der Waals surface area contributed by atoms with Gasteiger partial charge in [-0.3, -0.25) is 9.59 Å². The first-order valence-corrected chi connectivity index (χ1v) is 8.93. The fourth-order valence-corrected chi connectivity index (χ4v) is 2.94. The van der Waals surface area contributed by atoms with Crippen LogP contribution in [0.15, 0.2) is 71.5 Å². The van der Waals surface area contributed by atoms with Gasteiger partial charge in [0.1, 0.15) is 6.04 Å². The summed E-state index contributed by atoms with van der Waals surface area (Å²) in [6.07, 6.45) is -4.45. The predicted molar refractivity (Wildman–Crippen MR) is 103 cm³/mol. The van der Waals surface area contributed by atoms with Gasteiger partial charge < -0.3 is 5.32 Å². The van der Waals surface area contributed by atoms with Gasteiger partial charge in [0.15, 0.2) is 0 Å². The van der Waals surface area contributed by atoms with Crippen molar-refractivity contribution in [3.8, 4) is 11.3 Å². The lowest BCUT2D eigenvalue weighted by Crippen LogP contribution is -2.35. The van der Waals surface area contributed by atoms with E-state index in [9.17, 15) is 22.8 Å². The van der Waals surface area contributed by atoms with Gasteiger partial charge >= 0.3 is 6.18 Å². The molecular weight excluding hydrogens is 383 g/mol. The molecule has 2 aromatic carbocycles.